The van der Waals surface area contributed by atoms with Gasteiger partial charge in [0.2, 0.25) is 0 Å². The van der Waals surface area contributed by atoms with Crippen LogP contribution in [-0.2, 0) is 5.41 Å². The zero-order valence-corrected chi connectivity index (χ0v) is 28.6. The fourth-order valence-electron chi connectivity index (χ4n) is 8.40. The highest BCUT2D eigenvalue weighted by molar-refractivity contribution is 6.14. The molecule has 9 aromatic rings. The van der Waals surface area contributed by atoms with Crippen LogP contribution >= 0.6 is 0 Å². The van der Waals surface area contributed by atoms with Crippen molar-refractivity contribution in [1.29, 1.82) is 0 Å². The molecule has 4 heteroatoms. The summed E-state index contributed by atoms with van der Waals surface area (Å²) >= 11 is 0. The summed E-state index contributed by atoms with van der Waals surface area (Å²) in [4.78, 5) is 10.3. The van der Waals surface area contributed by atoms with E-state index < -0.39 is 0 Å². The van der Waals surface area contributed by atoms with Gasteiger partial charge in [0, 0.05) is 43.6 Å². The molecule has 0 spiro atoms. The average molecular weight is 655 g/mol. The van der Waals surface area contributed by atoms with Crippen LogP contribution in [0.1, 0.15) is 30.8 Å². The minimum atomic E-state index is -0.155. The highest BCUT2D eigenvalue weighted by Crippen LogP contribution is 2.51. The lowest BCUT2D eigenvalue weighted by molar-refractivity contribution is 0.661. The fraction of sp³-hybridized carbons (Fsp3) is 0.0638. The average Bonchev–Trinajstić information content (AvgIpc) is 3.75. The molecular formula is C47H34N4. The first-order chi connectivity index (χ1) is 24.9. The molecule has 0 unspecified atom stereocenters. The summed E-state index contributed by atoms with van der Waals surface area (Å²) < 4.78 is 4.75. The van der Waals surface area contributed by atoms with E-state index in [1.54, 1.807) is 6.08 Å². The number of hydrogen-bond acceptors (Lipinski definition) is 2. The molecule has 0 N–H and O–H groups in total. The Balaban J connectivity index is 1.35. The minimum Gasteiger partial charge on any atom is -0.309 e. The first kappa shape index (κ1) is 29.4. The Hall–Kier alpha value is -6.52. The molecule has 4 nitrogen and oxygen atoms in total. The number of benzene rings is 6. The predicted octanol–water partition coefficient (Wildman–Crippen LogP) is 11.9. The second-order valence-corrected chi connectivity index (χ2v) is 14.0. The lowest BCUT2D eigenvalue weighted by atomic mass is 9.82. The van der Waals surface area contributed by atoms with Crippen LogP contribution in [0, 0.1) is 0 Å². The molecule has 242 valence electrons. The Morgan fingerprint density at radius 3 is 2.00 bits per heavy atom. The first-order valence-corrected chi connectivity index (χ1v) is 17.4. The second kappa shape index (κ2) is 10.7. The van der Waals surface area contributed by atoms with Crippen molar-refractivity contribution in [2.45, 2.75) is 19.3 Å². The van der Waals surface area contributed by atoms with Gasteiger partial charge in [-0.1, -0.05) is 124 Å². The second-order valence-electron chi connectivity index (χ2n) is 14.0. The lowest BCUT2D eigenvalue weighted by Crippen LogP contribution is -2.15. The quantitative estimate of drug-likeness (QED) is 0.173. The van der Waals surface area contributed by atoms with Gasteiger partial charge in [-0.15, -0.1) is 0 Å². The maximum atomic E-state index is 5.32. The molecule has 1 aliphatic rings. The van der Waals surface area contributed by atoms with Crippen LogP contribution in [-0.4, -0.2) is 19.1 Å². The van der Waals surface area contributed by atoms with Gasteiger partial charge >= 0.3 is 0 Å². The highest BCUT2D eigenvalue weighted by Gasteiger charge is 2.36. The van der Waals surface area contributed by atoms with Crippen molar-refractivity contribution < 1.29 is 0 Å². The van der Waals surface area contributed by atoms with Crippen molar-refractivity contribution in [1.82, 2.24) is 19.1 Å². The van der Waals surface area contributed by atoms with E-state index in [4.69, 9.17) is 9.97 Å². The molecule has 10 rings (SSSR count). The molecule has 3 aromatic heterocycles. The van der Waals surface area contributed by atoms with E-state index in [0.29, 0.717) is 5.82 Å². The molecule has 0 saturated carbocycles. The summed E-state index contributed by atoms with van der Waals surface area (Å²) in [6.45, 7) is 12.9. The molecule has 1 aliphatic carbocycles. The molecule has 6 aromatic carbocycles. The summed E-state index contributed by atoms with van der Waals surface area (Å²) in [5.41, 5.74) is 12.4. The van der Waals surface area contributed by atoms with Crippen molar-refractivity contribution in [3.63, 3.8) is 0 Å². The molecule has 0 radical (unpaired) electrons. The minimum absolute atomic E-state index is 0.155. The van der Waals surface area contributed by atoms with Crippen LogP contribution in [0.3, 0.4) is 0 Å². The van der Waals surface area contributed by atoms with Gasteiger partial charge in [0.15, 0.2) is 5.82 Å². The van der Waals surface area contributed by atoms with Crippen molar-refractivity contribution in [3.05, 3.63) is 176 Å². The van der Waals surface area contributed by atoms with Crippen molar-refractivity contribution >= 4 is 60.1 Å². The predicted molar refractivity (Wildman–Crippen MR) is 214 cm³/mol. The zero-order chi connectivity index (χ0) is 34.4. The first-order valence-electron chi connectivity index (χ1n) is 17.4. The third kappa shape index (κ3) is 4.14. The van der Waals surface area contributed by atoms with Gasteiger partial charge in [-0.3, -0.25) is 4.57 Å². The van der Waals surface area contributed by atoms with Crippen molar-refractivity contribution in [2.24, 2.45) is 0 Å². The number of nitrogens with zero attached hydrogens (tertiary/aromatic N) is 4. The van der Waals surface area contributed by atoms with Gasteiger partial charge in [0.1, 0.15) is 5.82 Å². The highest BCUT2D eigenvalue weighted by atomic mass is 15.1. The normalized spacial score (nSPS) is 13.5. The van der Waals surface area contributed by atoms with E-state index in [2.05, 4.69) is 157 Å². The number of fused-ring (bicyclic) bond motifs is 10. The Kier molecular flexibility index (Phi) is 6.19. The van der Waals surface area contributed by atoms with Gasteiger partial charge in [-0.25, -0.2) is 9.97 Å². The van der Waals surface area contributed by atoms with Crippen LogP contribution in [0.25, 0.3) is 82.7 Å². The molecule has 0 fully saturated rings. The van der Waals surface area contributed by atoms with Crippen LogP contribution < -0.4 is 0 Å². The largest absolute Gasteiger partial charge is 0.309 e. The van der Waals surface area contributed by atoms with Gasteiger partial charge in [-0.2, -0.15) is 0 Å². The summed E-state index contributed by atoms with van der Waals surface area (Å²) in [6.07, 6.45) is 5.54. The fourth-order valence-corrected chi connectivity index (χ4v) is 8.40. The Labute approximate surface area is 295 Å². The molecular weight excluding hydrogens is 621 g/mol. The number of aromatic nitrogens is 4. The summed E-state index contributed by atoms with van der Waals surface area (Å²) in [7, 11) is 0. The van der Waals surface area contributed by atoms with Gasteiger partial charge in [0.25, 0.3) is 0 Å². The molecule has 0 atom stereocenters. The van der Waals surface area contributed by atoms with E-state index in [9.17, 15) is 0 Å². The van der Waals surface area contributed by atoms with Crippen molar-refractivity contribution in [3.8, 4) is 22.6 Å². The number of rotatable bonds is 5. The standard InChI is InChI=1S/C47H34N4/c1-5-6-15-29(2)45-48-40-21-12-8-19-35(40)46(49-45)51-43-26-30(50-41-22-13-9-17-32(41)33-18-10-14-23-42(33)50)24-25-34(43)37-27-36-31-16-7-11-20-38(31)47(3,4)39(36)28-44(37)51/h5-28H,1-2H2,3-4H3/b15-6+. The molecule has 0 saturated heterocycles. The van der Waals surface area contributed by atoms with E-state index >= 15 is 0 Å². The van der Waals surface area contributed by atoms with Gasteiger partial charge in [-0.05, 0) is 70.8 Å². The van der Waals surface area contributed by atoms with Gasteiger partial charge < -0.3 is 4.57 Å². The maximum absolute atomic E-state index is 5.32. The lowest BCUT2D eigenvalue weighted by Gasteiger charge is -2.21. The summed E-state index contributed by atoms with van der Waals surface area (Å²) in [6, 6.07) is 46.2. The molecule has 3 heterocycles. The molecule has 0 aliphatic heterocycles. The maximum Gasteiger partial charge on any atom is 0.161 e. The van der Waals surface area contributed by atoms with Crippen molar-refractivity contribution in [2.75, 3.05) is 0 Å². The number of para-hydroxylation sites is 3. The Bertz CT molecular complexity index is 2930. The van der Waals surface area contributed by atoms with Crippen LogP contribution in [0.15, 0.2) is 159 Å². The van der Waals surface area contributed by atoms with Gasteiger partial charge in [0.05, 0.1) is 27.6 Å². The SMILES string of the molecule is C=C/C=C/C(=C)c1nc(-n2c3cc(-n4c5ccccc5c5ccccc54)ccc3c3cc4c(cc32)C(C)(C)c2ccccc2-4)c2ccccc2n1. The number of hydrogen-bond donors (Lipinski definition) is 0. The topological polar surface area (TPSA) is 35.6 Å². The third-order valence-corrected chi connectivity index (χ3v) is 10.8. The summed E-state index contributed by atoms with van der Waals surface area (Å²) in [5.74, 6) is 1.42. The van der Waals surface area contributed by atoms with E-state index in [-0.39, 0.29) is 5.41 Å². The van der Waals surface area contributed by atoms with E-state index in [1.165, 1.54) is 54.8 Å². The molecule has 0 bridgehead atoms. The molecule has 0 amide bonds. The third-order valence-electron chi connectivity index (χ3n) is 10.8. The molecule has 51 heavy (non-hydrogen) atoms. The smallest absolute Gasteiger partial charge is 0.161 e. The van der Waals surface area contributed by atoms with E-state index in [1.807, 2.05) is 18.2 Å². The number of allylic oxidation sites excluding steroid dienone is 4. The van der Waals surface area contributed by atoms with Crippen LogP contribution in [0.2, 0.25) is 0 Å². The van der Waals surface area contributed by atoms with Crippen LogP contribution in [0.5, 0.6) is 0 Å². The Morgan fingerprint density at radius 2 is 1.24 bits per heavy atom. The summed E-state index contributed by atoms with van der Waals surface area (Å²) in [5, 5.41) is 5.83. The van der Waals surface area contributed by atoms with Crippen LogP contribution in [0.4, 0.5) is 0 Å². The van der Waals surface area contributed by atoms with E-state index in [0.717, 1.165) is 39.0 Å². The zero-order valence-electron chi connectivity index (χ0n) is 28.6. The monoisotopic (exact) mass is 654 g/mol. The Morgan fingerprint density at radius 1 is 0.588 bits per heavy atom.